The fourth-order valence-corrected chi connectivity index (χ4v) is 3.53. The number of nitrogens with one attached hydrogen (secondary N) is 1. The van der Waals surface area contributed by atoms with E-state index in [1.165, 1.54) is 30.6 Å². The van der Waals surface area contributed by atoms with Crippen LogP contribution >= 0.6 is 11.3 Å². The number of amides is 1. The topological polar surface area (TPSA) is 38.3 Å². The van der Waals surface area contributed by atoms with Crippen molar-refractivity contribution in [1.29, 1.82) is 0 Å². The molecule has 0 spiro atoms. The molecule has 3 rings (SSSR count). The smallest absolute Gasteiger partial charge is 0.266 e. The molecule has 1 N–H and O–H groups in total. The van der Waals surface area contributed by atoms with Gasteiger partial charge in [-0.3, -0.25) is 4.79 Å². The molecule has 4 heteroatoms. The Labute approximate surface area is 130 Å². The summed E-state index contributed by atoms with van der Waals surface area (Å²) in [5.74, 6) is 4.11. The van der Waals surface area contributed by atoms with E-state index in [9.17, 15) is 4.79 Å². The number of hydrogen-bond acceptors (Lipinski definition) is 3. The molecule has 2 aliphatic rings. The lowest BCUT2D eigenvalue weighted by molar-refractivity contribution is 0.0904. The summed E-state index contributed by atoms with van der Waals surface area (Å²) in [6.07, 6.45) is 13.3. The van der Waals surface area contributed by atoms with Crippen molar-refractivity contribution >= 4 is 17.2 Å². The molecule has 0 radical (unpaired) electrons. The van der Waals surface area contributed by atoms with E-state index >= 15 is 0 Å². The summed E-state index contributed by atoms with van der Waals surface area (Å²) in [4.78, 5) is 13.2. The number of ether oxygens (including phenoxy) is 1. The third-order valence-corrected chi connectivity index (χ3v) is 5.24. The van der Waals surface area contributed by atoms with Crippen molar-refractivity contribution in [1.82, 2.24) is 5.32 Å². The predicted molar refractivity (Wildman–Crippen MR) is 84.7 cm³/mol. The first-order chi connectivity index (χ1) is 10.2. The molecular formula is C17H21NO2S. The SMILES string of the molecule is C#CC1(NC(=O)c2sccc2OCC2CC2)CCCCC1. The van der Waals surface area contributed by atoms with Crippen molar-refractivity contribution in [2.75, 3.05) is 6.61 Å². The van der Waals surface area contributed by atoms with Crippen LogP contribution in [0.25, 0.3) is 0 Å². The van der Waals surface area contributed by atoms with Gasteiger partial charge in [0.05, 0.1) is 6.61 Å². The highest BCUT2D eigenvalue weighted by molar-refractivity contribution is 7.12. The minimum absolute atomic E-state index is 0.0874. The van der Waals surface area contributed by atoms with E-state index in [1.54, 1.807) is 0 Å². The second kappa shape index (κ2) is 6.11. The van der Waals surface area contributed by atoms with Gasteiger partial charge in [0.15, 0.2) is 0 Å². The summed E-state index contributed by atoms with van der Waals surface area (Å²) in [6.45, 7) is 0.720. The van der Waals surface area contributed by atoms with E-state index in [0.29, 0.717) is 16.5 Å². The van der Waals surface area contributed by atoms with Crippen molar-refractivity contribution in [2.45, 2.75) is 50.5 Å². The van der Waals surface area contributed by atoms with Crippen LogP contribution in [0.3, 0.4) is 0 Å². The number of carbonyl (C=O) groups excluding carboxylic acids is 1. The minimum atomic E-state index is -0.465. The molecule has 2 saturated carbocycles. The van der Waals surface area contributed by atoms with Gasteiger partial charge in [-0.25, -0.2) is 0 Å². The van der Waals surface area contributed by atoms with Gasteiger partial charge in [-0.15, -0.1) is 17.8 Å². The maximum atomic E-state index is 12.5. The Balaban J connectivity index is 1.66. The minimum Gasteiger partial charge on any atom is -0.492 e. The summed E-state index contributed by atoms with van der Waals surface area (Å²) in [5, 5.41) is 4.99. The molecule has 0 aliphatic heterocycles. The summed E-state index contributed by atoms with van der Waals surface area (Å²) < 4.78 is 5.78. The van der Waals surface area contributed by atoms with Crippen LogP contribution < -0.4 is 10.1 Å². The molecule has 1 aromatic rings. The first kappa shape index (κ1) is 14.5. The molecule has 1 heterocycles. The van der Waals surface area contributed by atoms with Crippen LogP contribution in [0.5, 0.6) is 5.75 Å². The van der Waals surface area contributed by atoms with Gasteiger partial charge >= 0.3 is 0 Å². The van der Waals surface area contributed by atoms with E-state index in [0.717, 1.165) is 32.3 Å². The van der Waals surface area contributed by atoms with Crippen LogP contribution in [0.2, 0.25) is 0 Å². The van der Waals surface area contributed by atoms with Gasteiger partial charge in [0.2, 0.25) is 0 Å². The number of terminal acetylenes is 1. The van der Waals surface area contributed by atoms with Crippen molar-refractivity contribution in [3.63, 3.8) is 0 Å². The molecule has 2 fully saturated rings. The van der Waals surface area contributed by atoms with E-state index < -0.39 is 5.54 Å². The van der Waals surface area contributed by atoms with Crippen molar-refractivity contribution in [3.05, 3.63) is 16.3 Å². The lowest BCUT2D eigenvalue weighted by Gasteiger charge is -2.33. The second-order valence-electron chi connectivity index (χ2n) is 6.11. The van der Waals surface area contributed by atoms with Gasteiger partial charge in [-0.2, -0.15) is 0 Å². The third-order valence-electron chi connectivity index (χ3n) is 4.34. The number of thiophene rings is 1. The average Bonchev–Trinajstić information content (AvgIpc) is 3.22. The number of rotatable bonds is 5. The fourth-order valence-electron chi connectivity index (χ4n) is 2.80. The van der Waals surface area contributed by atoms with E-state index in [2.05, 4.69) is 11.2 Å². The summed E-state index contributed by atoms with van der Waals surface area (Å²) in [6, 6.07) is 1.88. The van der Waals surface area contributed by atoms with Gasteiger partial charge in [-0.1, -0.05) is 25.2 Å². The summed E-state index contributed by atoms with van der Waals surface area (Å²) in [5.41, 5.74) is -0.465. The highest BCUT2D eigenvalue weighted by Gasteiger charge is 2.33. The summed E-state index contributed by atoms with van der Waals surface area (Å²) >= 11 is 1.42. The zero-order valence-electron chi connectivity index (χ0n) is 12.2. The Kier molecular flexibility index (Phi) is 4.21. The quantitative estimate of drug-likeness (QED) is 0.844. The van der Waals surface area contributed by atoms with Crippen LogP contribution in [0, 0.1) is 18.3 Å². The van der Waals surface area contributed by atoms with Gasteiger partial charge < -0.3 is 10.1 Å². The van der Waals surface area contributed by atoms with E-state index in [-0.39, 0.29) is 5.91 Å². The molecule has 1 amide bonds. The highest BCUT2D eigenvalue weighted by atomic mass is 32.1. The van der Waals surface area contributed by atoms with Crippen LogP contribution in [0.1, 0.15) is 54.6 Å². The molecule has 2 aliphatic carbocycles. The Morgan fingerprint density at radius 1 is 1.43 bits per heavy atom. The fraction of sp³-hybridized carbons (Fsp3) is 0.588. The highest BCUT2D eigenvalue weighted by Crippen LogP contribution is 2.33. The largest absolute Gasteiger partial charge is 0.492 e. The zero-order chi connectivity index (χ0) is 14.7. The second-order valence-corrected chi connectivity index (χ2v) is 7.03. The maximum absolute atomic E-state index is 12.5. The lowest BCUT2D eigenvalue weighted by atomic mass is 9.82. The predicted octanol–water partition coefficient (Wildman–Crippen LogP) is 3.60. The van der Waals surface area contributed by atoms with Crippen LogP contribution in [0.15, 0.2) is 11.4 Å². The standard InChI is InChI=1S/C17H21NO2S/c1-2-17(9-4-3-5-10-17)18-16(19)15-14(8-11-21-15)20-12-13-6-7-13/h1,8,11,13H,3-7,9-10,12H2,(H,18,19). The van der Waals surface area contributed by atoms with Crippen LogP contribution in [0.4, 0.5) is 0 Å². The molecule has 0 bridgehead atoms. The molecule has 3 nitrogen and oxygen atoms in total. The maximum Gasteiger partial charge on any atom is 0.266 e. The summed E-state index contributed by atoms with van der Waals surface area (Å²) in [7, 11) is 0. The molecule has 0 aromatic carbocycles. The Morgan fingerprint density at radius 3 is 2.86 bits per heavy atom. The van der Waals surface area contributed by atoms with Crippen molar-refractivity contribution in [2.24, 2.45) is 5.92 Å². The molecular weight excluding hydrogens is 282 g/mol. The first-order valence-electron chi connectivity index (χ1n) is 7.73. The molecule has 0 unspecified atom stereocenters. The lowest BCUT2D eigenvalue weighted by Crippen LogP contribution is -2.48. The van der Waals surface area contributed by atoms with Crippen molar-refractivity contribution < 1.29 is 9.53 Å². The molecule has 21 heavy (non-hydrogen) atoms. The van der Waals surface area contributed by atoms with Gasteiger partial charge in [0, 0.05) is 0 Å². The van der Waals surface area contributed by atoms with E-state index in [4.69, 9.17) is 11.2 Å². The Bertz CT molecular complexity index is 547. The van der Waals surface area contributed by atoms with Gasteiger partial charge in [0.25, 0.3) is 5.91 Å². The number of carbonyl (C=O) groups is 1. The Hall–Kier alpha value is -1.47. The third kappa shape index (κ3) is 3.41. The first-order valence-corrected chi connectivity index (χ1v) is 8.61. The molecule has 112 valence electrons. The van der Waals surface area contributed by atoms with Gasteiger partial charge in [0.1, 0.15) is 16.2 Å². The monoisotopic (exact) mass is 303 g/mol. The number of hydrogen-bond donors (Lipinski definition) is 1. The van der Waals surface area contributed by atoms with Crippen LogP contribution in [-0.4, -0.2) is 18.1 Å². The molecule has 0 atom stereocenters. The Morgan fingerprint density at radius 2 is 2.19 bits per heavy atom. The average molecular weight is 303 g/mol. The van der Waals surface area contributed by atoms with Gasteiger partial charge in [-0.05, 0) is 43.0 Å². The van der Waals surface area contributed by atoms with Crippen molar-refractivity contribution in [3.8, 4) is 18.1 Å². The molecule has 0 saturated heterocycles. The zero-order valence-corrected chi connectivity index (χ0v) is 13.0. The molecule has 1 aromatic heterocycles. The van der Waals surface area contributed by atoms with E-state index in [1.807, 2.05) is 11.4 Å². The van der Waals surface area contributed by atoms with Crippen LogP contribution in [-0.2, 0) is 0 Å². The normalized spacial score (nSPS) is 20.5.